The van der Waals surface area contributed by atoms with E-state index in [1.807, 2.05) is 19.1 Å². The number of carbonyl (C=O) groups excluding carboxylic acids is 1. The van der Waals surface area contributed by atoms with Crippen molar-refractivity contribution < 1.29 is 4.79 Å². The van der Waals surface area contributed by atoms with E-state index < -0.39 is 0 Å². The fourth-order valence-electron chi connectivity index (χ4n) is 1.60. The molecule has 2 rings (SSSR count). The van der Waals surface area contributed by atoms with E-state index >= 15 is 0 Å². The standard InChI is InChI=1S/C14H10Cl2INO/c1-8-3-2-4-10(13(8)16)14(19)18-12-6-5-9(15)7-11(12)17/h2-7H,1H3,(H,18,19). The molecular formula is C14H10Cl2INO. The molecule has 2 nitrogen and oxygen atoms in total. The lowest BCUT2D eigenvalue weighted by atomic mass is 10.1. The second-order valence-corrected chi connectivity index (χ2v) is 5.99. The maximum atomic E-state index is 12.2. The summed E-state index contributed by atoms with van der Waals surface area (Å²) in [4.78, 5) is 12.2. The molecule has 0 atom stereocenters. The highest BCUT2D eigenvalue weighted by molar-refractivity contribution is 14.1. The molecular weight excluding hydrogens is 396 g/mol. The zero-order chi connectivity index (χ0) is 14.0. The van der Waals surface area contributed by atoms with E-state index in [0.29, 0.717) is 21.3 Å². The molecule has 98 valence electrons. The molecule has 0 aliphatic rings. The monoisotopic (exact) mass is 405 g/mol. The van der Waals surface area contributed by atoms with Crippen LogP contribution in [0.25, 0.3) is 0 Å². The minimum absolute atomic E-state index is 0.228. The Bertz CT molecular complexity index is 643. The predicted octanol–water partition coefficient (Wildman–Crippen LogP) is 5.16. The summed E-state index contributed by atoms with van der Waals surface area (Å²) in [5, 5.41) is 3.94. The molecule has 1 N–H and O–H groups in total. The number of anilines is 1. The van der Waals surface area contributed by atoms with Gasteiger partial charge in [-0.15, -0.1) is 0 Å². The number of hydrogen-bond donors (Lipinski definition) is 1. The zero-order valence-corrected chi connectivity index (χ0v) is 13.7. The topological polar surface area (TPSA) is 29.1 Å². The van der Waals surface area contributed by atoms with Crippen molar-refractivity contribution in [2.75, 3.05) is 5.32 Å². The Morgan fingerprint density at radius 2 is 1.95 bits per heavy atom. The van der Waals surface area contributed by atoms with E-state index in [2.05, 4.69) is 27.9 Å². The van der Waals surface area contributed by atoms with E-state index in [4.69, 9.17) is 23.2 Å². The lowest BCUT2D eigenvalue weighted by Crippen LogP contribution is -2.13. The quantitative estimate of drug-likeness (QED) is 0.687. The van der Waals surface area contributed by atoms with E-state index in [1.54, 1.807) is 24.3 Å². The first-order chi connectivity index (χ1) is 8.99. The largest absolute Gasteiger partial charge is 0.321 e. The highest BCUT2D eigenvalue weighted by Crippen LogP contribution is 2.25. The normalized spacial score (nSPS) is 10.3. The third kappa shape index (κ3) is 3.41. The molecule has 0 aromatic heterocycles. The summed E-state index contributed by atoms with van der Waals surface area (Å²) >= 11 is 14.1. The molecule has 0 heterocycles. The molecule has 0 unspecified atom stereocenters. The predicted molar refractivity (Wildman–Crippen MR) is 88.3 cm³/mol. The van der Waals surface area contributed by atoms with Gasteiger partial charge in [-0.2, -0.15) is 0 Å². The second-order valence-electron chi connectivity index (χ2n) is 4.01. The minimum Gasteiger partial charge on any atom is -0.321 e. The molecule has 0 spiro atoms. The van der Waals surface area contributed by atoms with Crippen molar-refractivity contribution in [1.29, 1.82) is 0 Å². The number of aryl methyl sites for hydroxylation is 1. The third-order valence-electron chi connectivity index (χ3n) is 2.62. The van der Waals surface area contributed by atoms with Crippen LogP contribution in [-0.4, -0.2) is 5.91 Å². The van der Waals surface area contributed by atoms with Crippen molar-refractivity contribution in [2.24, 2.45) is 0 Å². The van der Waals surface area contributed by atoms with Gasteiger partial charge in [0.25, 0.3) is 5.91 Å². The molecule has 1 amide bonds. The maximum Gasteiger partial charge on any atom is 0.257 e. The molecule has 0 bridgehead atoms. The Balaban J connectivity index is 2.28. The van der Waals surface area contributed by atoms with Crippen molar-refractivity contribution in [1.82, 2.24) is 0 Å². The van der Waals surface area contributed by atoms with Crippen LogP contribution < -0.4 is 5.32 Å². The van der Waals surface area contributed by atoms with Gasteiger partial charge in [-0.3, -0.25) is 4.79 Å². The number of benzene rings is 2. The van der Waals surface area contributed by atoms with Gasteiger partial charge in [-0.25, -0.2) is 0 Å². The van der Waals surface area contributed by atoms with Gasteiger partial charge in [0.15, 0.2) is 0 Å². The first-order valence-corrected chi connectivity index (χ1v) is 7.34. The number of halogens is 3. The highest BCUT2D eigenvalue weighted by Gasteiger charge is 2.13. The Kier molecular flexibility index (Phi) is 4.71. The molecule has 0 saturated carbocycles. The summed E-state index contributed by atoms with van der Waals surface area (Å²) in [6.07, 6.45) is 0. The number of rotatable bonds is 2. The number of nitrogens with one attached hydrogen (secondary N) is 1. The van der Waals surface area contributed by atoms with E-state index in [-0.39, 0.29) is 5.91 Å². The lowest BCUT2D eigenvalue weighted by molar-refractivity contribution is 0.102. The van der Waals surface area contributed by atoms with E-state index in [1.165, 1.54) is 0 Å². The first-order valence-electron chi connectivity index (χ1n) is 5.50. The highest BCUT2D eigenvalue weighted by atomic mass is 127. The summed E-state index contributed by atoms with van der Waals surface area (Å²) in [5.74, 6) is -0.228. The SMILES string of the molecule is Cc1cccc(C(=O)Nc2ccc(Cl)cc2I)c1Cl. The molecule has 0 saturated heterocycles. The minimum atomic E-state index is -0.228. The van der Waals surface area contributed by atoms with Crippen LogP contribution in [0.1, 0.15) is 15.9 Å². The molecule has 0 aliphatic heterocycles. The van der Waals surface area contributed by atoms with Crippen molar-refractivity contribution in [2.45, 2.75) is 6.92 Å². The van der Waals surface area contributed by atoms with Crippen LogP contribution in [0.15, 0.2) is 36.4 Å². The number of amides is 1. The average Bonchev–Trinajstić information content (AvgIpc) is 2.36. The maximum absolute atomic E-state index is 12.2. The second kappa shape index (κ2) is 6.11. The molecule has 5 heteroatoms. The average molecular weight is 406 g/mol. The first kappa shape index (κ1) is 14.6. The van der Waals surface area contributed by atoms with Crippen molar-refractivity contribution in [3.8, 4) is 0 Å². The fourth-order valence-corrected chi connectivity index (χ4v) is 2.82. The Hall–Kier alpha value is -0.780. The van der Waals surface area contributed by atoms with Gasteiger partial charge in [-0.05, 0) is 59.3 Å². The Labute approximate surface area is 135 Å². The van der Waals surface area contributed by atoms with Gasteiger partial charge in [0.05, 0.1) is 16.3 Å². The third-order valence-corrected chi connectivity index (χ3v) is 4.25. The van der Waals surface area contributed by atoms with Gasteiger partial charge in [-0.1, -0.05) is 35.3 Å². The molecule has 0 radical (unpaired) electrons. The summed E-state index contributed by atoms with van der Waals surface area (Å²) in [7, 11) is 0. The smallest absolute Gasteiger partial charge is 0.257 e. The van der Waals surface area contributed by atoms with Crippen LogP contribution in [0, 0.1) is 10.5 Å². The molecule has 19 heavy (non-hydrogen) atoms. The number of carbonyl (C=O) groups is 1. The van der Waals surface area contributed by atoms with Gasteiger partial charge in [0, 0.05) is 8.59 Å². The Morgan fingerprint density at radius 3 is 2.63 bits per heavy atom. The lowest BCUT2D eigenvalue weighted by Gasteiger charge is -2.10. The summed E-state index contributed by atoms with van der Waals surface area (Å²) in [6.45, 7) is 1.87. The fraction of sp³-hybridized carbons (Fsp3) is 0.0714. The van der Waals surface area contributed by atoms with E-state index in [9.17, 15) is 4.79 Å². The Morgan fingerprint density at radius 1 is 1.21 bits per heavy atom. The summed E-state index contributed by atoms with van der Waals surface area (Å²) in [5.41, 5.74) is 2.06. The van der Waals surface area contributed by atoms with Crippen LogP contribution in [0.2, 0.25) is 10.0 Å². The van der Waals surface area contributed by atoms with E-state index in [0.717, 1.165) is 9.13 Å². The van der Waals surface area contributed by atoms with Gasteiger partial charge in [0.1, 0.15) is 0 Å². The van der Waals surface area contributed by atoms with Crippen LogP contribution in [-0.2, 0) is 0 Å². The zero-order valence-electron chi connectivity index (χ0n) is 10.0. The van der Waals surface area contributed by atoms with Gasteiger partial charge < -0.3 is 5.32 Å². The van der Waals surface area contributed by atoms with Gasteiger partial charge >= 0.3 is 0 Å². The number of hydrogen-bond acceptors (Lipinski definition) is 1. The van der Waals surface area contributed by atoms with Crippen molar-refractivity contribution in [3.05, 3.63) is 61.1 Å². The molecule has 2 aromatic carbocycles. The van der Waals surface area contributed by atoms with Gasteiger partial charge in [0.2, 0.25) is 0 Å². The van der Waals surface area contributed by atoms with Crippen LogP contribution >= 0.6 is 45.8 Å². The summed E-state index contributed by atoms with van der Waals surface area (Å²) < 4.78 is 0.877. The van der Waals surface area contributed by atoms with Crippen LogP contribution in [0.5, 0.6) is 0 Å². The molecule has 0 fully saturated rings. The molecule has 2 aromatic rings. The molecule has 0 aliphatic carbocycles. The van der Waals surface area contributed by atoms with Crippen LogP contribution in [0.3, 0.4) is 0 Å². The van der Waals surface area contributed by atoms with Crippen molar-refractivity contribution >= 4 is 57.4 Å². The van der Waals surface area contributed by atoms with Crippen molar-refractivity contribution in [3.63, 3.8) is 0 Å². The van der Waals surface area contributed by atoms with Crippen LogP contribution in [0.4, 0.5) is 5.69 Å². The summed E-state index contributed by atoms with van der Waals surface area (Å²) in [6, 6.07) is 10.7.